The molecule has 1 atom stereocenters. The van der Waals surface area contributed by atoms with Gasteiger partial charge in [-0.05, 0) is 50.7 Å². The molecule has 1 aliphatic heterocycles. The van der Waals surface area contributed by atoms with Crippen molar-refractivity contribution in [3.8, 4) is 0 Å². The third-order valence-electron chi connectivity index (χ3n) is 5.45. The molecule has 1 saturated heterocycles. The van der Waals surface area contributed by atoms with Gasteiger partial charge in [0.15, 0.2) is 5.60 Å². The fourth-order valence-electron chi connectivity index (χ4n) is 3.97. The number of piperidine rings is 1. The molecule has 4 rings (SSSR count). The molecule has 0 aliphatic carbocycles. The third kappa shape index (κ3) is 2.75. The number of rotatable bonds is 3. The van der Waals surface area contributed by atoms with E-state index in [9.17, 15) is 9.50 Å². The number of benzene rings is 2. The summed E-state index contributed by atoms with van der Waals surface area (Å²) in [5.74, 6) is 0.270. The van der Waals surface area contributed by atoms with Crippen LogP contribution in [-0.2, 0) is 5.60 Å². The van der Waals surface area contributed by atoms with E-state index in [0.717, 1.165) is 36.7 Å². The van der Waals surface area contributed by atoms with Crippen LogP contribution in [0.15, 0.2) is 59.2 Å². The zero-order valence-electron chi connectivity index (χ0n) is 14.3. The summed E-state index contributed by atoms with van der Waals surface area (Å²) in [5, 5.41) is 13.8. The second-order valence-electron chi connectivity index (χ2n) is 7.00. The molecule has 1 aromatic heterocycles. The SMILES string of the molecule is CN1CCC(C(O)(c2ccc(F)cc2)c2occ3ccccc23)CC1. The first-order chi connectivity index (χ1) is 12.1. The monoisotopic (exact) mass is 339 g/mol. The highest BCUT2D eigenvalue weighted by molar-refractivity contribution is 5.85. The molecule has 0 saturated carbocycles. The van der Waals surface area contributed by atoms with Crippen molar-refractivity contribution < 1.29 is 13.9 Å². The molecule has 3 nitrogen and oxygen atoms in total. The lowest BCUT2D eigenvalue weighted by atomic mass is 9.74. The molecule has 0 bridgehead atoms. The minimum absolute atomic E-state index is 0.0173. The van der Waals surface area contributed by atoms with Crippen molar-refractivity contribution in [2.45, 2.75) is 18.4 Å². The van der Waals surface area contributed by atoms with Gasteiger partial charge in [0.05, 0.1) is 6.26 Å². The number of furan rings is 1. The molecule has 130 valence electrons. The first kappa shape index (κ1) is 16.3. The van der Waals surface area contributed by atoms with Crippen LogP contribution in [0.25, 0.3) is 10.8 Å². The van der Waals surface area contributed by atoms with E-state index in [4.69, 9.17) is 4.42 Å². The number of halogens is 1. The van der Waals surface area contributed by atoms with Gasteiger partial charge in [-0.15, -0.1) is 0 Å². The second-order valence-corrected chi connectivity index (χ2v) is 7.00. The van der Waals surface area contributed by atoms with E-state index >= 15 is 0 Å². The van der Waals surface area contributed by atoms with Crippen molar-refractivity contribution in [2.24, 2.45) is 5.92 Å². The number of fused-ring (bicyclic) bond motifs is 1. The summed E-state index contributed by atoms with van der Waals surface area (Å²) in [5.41, 5.74) is -0.582. The highest BCUT2D eigenvalue weighted by Gasteiger charge is 2.44. The summed E-state index contributed by atoms with van der Waals surface area (Å²) in [6.07, 6.45) is 3.41. The fourth-order valence-corrected chi connectivity index (χ4v) is 3.97. The summed E-state index contributed by atoms with van der Waals surface area (Å²) in [4.78, 5) is 2.27. The zero-order chi connectivity index (χ0) is 17.4. The number of hydrogen-bond donors (Lipinski definition) is 1. The van der Waals surface area contributed by atoms with Crippen molar-refractivity contribution in [1.82, 2.24) is 4.90 Å². The molecule has 0 spiro atoms. The Kier molecular flexibility index (Phi) is 4.10. The van der Waals surface area contributed by atoms with Gasteiger partial charge in [0.2, 0.25) is 0 Å². The number of nitrogens with zero attached hydrogens (tertiary/aromatic N) is 1. The normalized spacial score (nSPS) is 19.2. The molecule has 1 fully saturated rings. The van der Waals surface area contributed by atoms with Crippen LogP contribution in [0.3, 0.4) is 0 Å². The lowest BCUT2D eigenvalue weighted by molar-refractivity contribution is -0.0259. The van der Waals surface area contributed by atoms with E-state index in [2.05, 4.69) is 11.9 Å². The molecule has 0 radical (unpaired) electrons. The molecule has 2 aromatic carbocycles. The Morgan fingerprint density at radius 1 is 1.08 bits per heavy atom. The molecular formula is C21H22FNO2. The highest BCUT2D eigenvalue weighted by atomic mass is 19.1. The highest BCUT2D eigenvalue weighted by Crippen LogP contribution is 2.44. The van der Waals surface area contributed by atoms with Crippen LogP contribution in [0, 0.1) is 11.7 Å². The largest absolute Gasteiger partial charge is 0.465 e. The quantitative estimate of drug-likeness (QED) is 0.779. The number of likely N-dealkylation sites (tertiary alicyclic amines) is 1. The van der Waals surface area contributed by atoms with Crippen LogP contribution < -0.4 is 0 Å². The van der Waals surface area contributed by atoms with E-state index in [1.165, 1.54) is 12.1 Å². The van der Waals surface area contributed by atoms with Crippen LogP contribution in [0.5, 0.6) is 0 Å². The Labute approximate surface area is 146 Å². The smallest absolute Gasteiger partial charge is 0.150 e. The molecule has 25 heavy (non-hydrogen) atoms. The Bertz CT molecular complexity index is 865. The average molecular weight is 339 g/mol. The molecule has 1 N–H and O–H groups in total. The lowest BCUT2D eigenvalue weighted by Crippen LogP contribution is -2.43. The summed E-state index contributed by atoms with van der Waals surface area (Å²) in [6, 6.07) is 14.0. The van der Waals surface area contributed by atoms with Crippen LogP contribution in [-0.4, -0.2) is 30.1 Å². The van der Waals surface area contributed by atoms with Crippen molar-refractivity contribution >= 4 is 10.8 Å². The van der Waals surface area contributed by atoms with Gasteiger partial charge < -0.3 is 14.4 Å². The van der Waals surface area contributed by atoms with Crippen LogP contribution in [0.1, 0.15) is 24.2 Å². The topological polar surface area (TPSA) is 36.6 Å². The van der Waals surface area contributed by atoms with E-state index in [1.807, 2.05) is 24.3 Å². The average Bonchev–Trinajstić information content (AvgIpc) is 3.07. The predicted octanol–water partition coefficient (Wildman–Crippen LogP) is 4.15. The van der Waals surface area contributed by atoms with Gasteiger partial charge in [-0.2, -0.15) is 0 Å². The molecule has 2 heterocycles. The van der Waals surface area contributed by atoms with Crippen molar-refractivity contribution in [3.63, 3.8) is 0 Å². The summed E-state index contributed by atoms with van der Waals surface area (Å²) in [7, 11) is 2.09. The summed E-state index contributed by atoms with van der Waals surface area (Å²) < 4.78 is 19.3. The standard InChI is InChI=1S/C21H22FNO2/c1-23-12-10-17(11-13-23)21(24,16-6-8-18(22)9-7-16)20-19-5-3-2-4-15(19)14-25-20/h2-9,14,17,24H,10-13H2,1H3. The van der Waals surface area contributed by atoms with Gasteiger partial charge in [-0.1, -0.05) is 36.4 Å². The predicted molar refractivity (Wildman–Crippen MR) is 95.8 cm³/mol. The van der Waals surface area contributed by atoms with Gasteiger partial charge in [-0.25, -0.2) is 4.39 Å². The Morgan fingerprint density at radius 3 is 2.48 bits per heavy atom. The number of hydrogen-bond acceptors (Lipinski definition) is 3. The van der Waals surface area contributed by atoms with Gasteiger partial charge in [0.25, 0.3) is 0 Å². The van der Waals surface area contributed by atoms with Crippen molar-refractivity contribution in [2.75, 3.05) is 20.1 Å². The fraction of sp³-hybridized carbons (Fsp3) is 0.333. The minimum Gasteiger partial charge on any atom is -0.465 e. The molecular weight excluding hydrogens is 317 g/mol. The third-order valence-corrected chi connectivity index (χ3v) is 5.45. The van der Waals surface area contributed by atoms with Gasteiger partial charge >= 0.3 is 0 Å². The Morgan fingerprint density at radius 2 is 1.76 bits per heavy atom. The second kappa shape index (κ2) is 6.28. The maximum Gasteiger partial charge on any atom is 0.150 e. The van der Waals surface area contributed by atoms with Crippen LogP contribution in [0.4, 0.5) is 4.39 Å². The van der Waals surface area contributed by atoms with E-state index in [0.29, 0.717) is 11.3 Å². The van der Waals surface area contributed by atoms with Crippen LogP contribution in [0.2, 0.25) is 0 Å². The van der Waals surface area contributed by atoms with Crippen molar-refractivity contribution in [1.29, 1.82) is 0 Å². The van der Waals surface area contributed by atoms with Gasteiger partial charge in [-0.3, -0.25) is 0 Å². The summed E-state index contributed by atoms with van der Waals surface area (Å²) in [6.45, 7) is 1.85. The summed E-state index contributed by atoms with van der Waals surface area (Å²) >= 11 is 0. The zero-order valence-corrected chi connectivity index (χ0v) is 14.3. The molecule has 1 unspecified atom stereocenters. The van der Waals surface area contributed by atoms with Gasteiger partial charge in [0, 0.05) is 16.7 Å². The van der Waals surface area contributed by atoms with E-state index in [1.54, 1.807) is 18.4 Å². The minimum atomic E-state index is -1.27. The van der Waals surface area contributed by atoms with Crippen LogP contribution >= 0.6 is 0 Å². The van der Waals surface area contributed by atoms with E-state index < -0.39 is 5.60 Å². The van der Waals surface area contributed by atoms with Gasteiger partial charge in [0.1, 0.15) is 11.6 Å². The Hall–Kier alpha value is -2.17. The first-order valence-electron chi connectivity index (χ1n) is 8.72. The first-order valence-corrected chi connectivity index (χ1v) is 8.72. The van der Waals surface area contributed by atoms with E-state index in [-0.39, 0.29) is 11.7 Å². The molecule has 4 heteroatoms. The number of aliphatic hydroxyl groups is 1. The lowest BCUT2D eigenvalue weighted by Gasteiger charge is -2.40. The Balaban J connectivity index is 1.87. The molecule has 3 aromatic rings. The maximum absolute atomic E-state index is 13.5. The maximum atomic E-state index is 13.5. The molecule has 1 aliphatic rings. The van der Waals surface area contributed by atoms with Crippen molar-refractivity contribution in [3.05, 3.63) is 71.9 Å². The molecule has 0 amide bonds.